The van der Waals surface area contributed by atoms with E-state index in [1.54, 1.807) is 6.20 Å². The highest BCUT2D eigenvalue weighted by atomic mass is 16.5. The molecular formula is C28H35N5O4. The Hall–Kier alpha value is -3.88. The molecule has 37 heavy (non-hydrogen) atoms. The van der Waals surface area contributed by atoms with Gasteiger partial charge in [0.05, 0.1) is 5.69 Å². The fraction of sp³-hybridized carbons (Fsp3) is 0.429. The largest absolute Gasteiger partial charge is 0.480 e. The average Bonchev–Trinajstić information content (AvgIpc) is 3.36. The van der Waals surface area contributed by atoms with E-state index < -0.39 is 17.9 Å². The van der Waals surface area contributed by atoms with Crippen molar-refractivity contribution in [2.45, 2.75) is 52.0 Å². The van der Waals surface area contributed by atoms with Crippen molar-refractivity contribution < 1.29 is 19.2 Å². The molecule has 196 valence electrons. The van der Waals surface area contributed by atoms with E-state index in [1.165, 1.54) is 0 Å². The van der Waals surface area contributed by atoms with Crippen molar-refractivity contribution in [3.8, 4) is 0 Å². The monoisotopic (exact) mass is 505 g/mol. The second-order valence-corrected chi connectivity index (χ2v) is 9.40. The molecule has 9 nitrogen and oxygen atoms in total. The van der Waals surface area contributed by atoms with Crippen molar-refractivity contribution in [2.24, 2.45) is 5.92 Å². The number of anilines is 2. The highest BCUT2D eigenvalue weighted by molar-refractivity contribution is 5.98. The molecule has 1 aliphatic rings. The van der Waals surface area contributed by atoms with Gasteiger partial charge in [0.25, 0.3) is 5.91 Å². The molecule has 2 aromatic heterocycles. The standard InChI is InChI=1S/C28H35N5O4/c1-3-22-26(24(4-2)37-32-22)27(34)31-23(28(35)36)17-19-8-10-21(11-9-19)33-15-12-20(13-16-33)18-30-25-7-5-6-14-29-25/h5-11,14,20,23H,3-4,12-13,15-18H2,1-2H3,(H,29,30)(H,31,34)(H,35,36)/t23-/m0/s1. The van der Waals surface area contributed by atoms with Gasteiger partial charge in [0, 0.05) is 44.4 Å². The lowest BCUT2D eigenvalue weighted by Crippen LogP contribution is -2.42. The van der Waals surface area contributed by atoms with E-state index in [-0.39, 0.29) is 6.42 Å². The van der Waals surface area contributed by atoms with Gasteiger partial charge >= 0.3 is 5.97 Å². The molecule has 9 heteroatoms. The van der Waals surface area contributed by atoms with Gasteiger partial charge in [0.15, 0.2) is 0 Å². The number of nitrogens with one attached hydrogen (secondary N) is 2. The van der Waals surface area contributed by atoms with Crippen molar-refractivity contribution in [3.63, 3.8) is 0 Å². The van der Waals surface area contributed by atoms with Gasteiger partial charge in [0.1, 0.15) is 23.2 Å². The number of carbonyl (C=O) groups is 2. The molecule has 0 unspecified atom stereocenters. The zero-order valence-electron chi connectivity index (χ0n) is 21.4. The molecule has 1 saturated heterocycles. The lowest BCUT2D eigenvalue weighted by atomic mass is 9.96. The number of aryl methyl sites for hydroxylation is 2. The highest BCUT2D eigenvalue weighted by Crippen LogP contribution is 2.24. The smallest absolute Gasteiger partial charge is 0.326 e. The first-order valence-corrected chi connectivity index (χ1v) is 13.0. The molecule has 3 N–H and O–H groups in total. The second-order valence-electron chi connectivity index (χ2n) is 9.40. The van der Waals surface area contributed by atoms with Crippen molar-refractivity contribution >= 4 is 23.4 Å². The Kier molecular flexibility index (Phi) is 8.77. The molecule has 3 aromatic rings. The summed E-state index contributed by atoms with van der Waals surface area (Å²) in [5.74, 6) is 0.448. The lowest BCUT2D eigenvalue weighted by molar-refractivity contribution is -0.139. The summed E-state index contributed by atoms with van der Waals surface area (Å²) in [7, 11) is 0. The van der Waals surface area contributed by atoms with Crippen LogP contribution in [-0.2, 0) is 24.1 Å². The SMILES string of the molecule is CCc1noc(CC)c1C(=O)N[C@@H](Cc1ccc(N2CCC(CNc3ccccn3)CC2)cc1)C(=O)O. The normalized spacial score (nSPS) is 14.8. The molecule has 1 aromatic carbocycles. The number of hydrogen-bond donors (Lipinski definition) is 3. The summed E-state index contributed by atoms with van der Waals surface area (Å²) in [5, 5.41) is 19.8. The van der Waals surface area contributed by atoms with E-state index in [0.29, 0.717) is 35.8 Å². The third-order valence-electron chi connectivity index (χ3n) is 6.91. The van der Waals surface area contributed by atoms with Gasteiger partial charge in [-0.2, -0.15) is 0 Å². The Bertz CT molecular complexity index is 1150. The Balaban J connectivity index is 1.31. The Morgan fingerprint density at radius 3 is 2.49 bits per heavy atom. The first kappa shape index (κ1) is 26.2. The Labute approximate surface area is 217 Å². The molecule has 0 saturated carbocycles. The quantitative estimate of drug-likeness (QED) is 0.358. The topological polar surface area (TPSA) is 121 Å². The zero-order chi connectivity index (χ0) is 26.2. The number of carboxylic acid groups (broad SMARTS) is 1. The van der Waals surface area contributed by atoms with Crippen LogP contribution in [0.4, 0.5) is 11.5 Å². The Morgan fingerprint density at radius 2 is 1.86 bits per heavy atom. The zero-order valence-corrected chi connectivity index (χ0v) is 21.4. The molecule has 3 heterocycles. The maximum atomic E-state index is 12.9. The summed E-state index contributed by atoms with van der Waals surface area (Å²) in [4.78, 5) is 31.5. The molecule has 1 aliphatic heterocycles. The van der Waals surface area contributed by atoms with E-state index in [9.17, 15) is 14.7 Å². The van der Waals surface area contributed by atoms with Crippen molar-refractivity contribution in [2.75, 3.05) is 29.9 Å². The summed E-state index contributed by atoms with van der Waals surface area (Å²) < 4.78 is 5.26. The predicted molar refractivity (Wildman–Crippen MR) is 142 cm³/mol. The number of amides is 1. The van der Waals surface area contributed by atoms with Crippen molar-refractivity contribution in [1.29, 1.82) is 0 Å². The van der Waals surface area contributed by atoms with Gasteiger partial charge in [-0.3, -0.25) is 4.79 Å². The van der Waals surface area contributed by atoms with Crippen LogP contribution in [0.3, 0.4) is 0 Å². The number of rotatable bonds is 11. The van der Waals surface area contributed by atoms with Crippen LogP contribution in [0.1, 0.15) is 54.1 Å². The van der Waals surface area contributed by atoms with Gasteiger partial charge in [0.2, 0.25) is 0 Å². The van der Waals surface area contributed by atoms with E-state index in [0.717, 1.165) is 49.5 Å². The van der Waals surface area contributed by atoms with E-state index >= 15 is 0 Å². The molecule has 1 amide bonds. The lowest BCUT2D eigenvalue weighted by Gasteiger charge is -2.34. The van der Waals surface area contributed by atoms with E-state index in [2.05, 4.69) is 25.7 Å². The first-order chi connectivity index (χ1) is 18.0. The van der Waals surface area contributed by atoms with Gasteiger partial charge in [-0.15, -0.1) is 0 Å². The van der Waals surface area contributed by atoms with Crippen LogP contribution < -0.4 is 15.5 Å². The van der Waals surface area contributed by atoms with E-state index in [4.69, 9.17) is 4.52 Å². The fourth-order valence-corrected chi connectivity index (χ4v) is 4.72. The minimum atomic E-state index is -1.08. The number of benzene rings is 1. The van der Waals surface area contributed by atoms with Gasteiger partial charge < -0.3 is 25.2 Å². The van der Waals surface area contributed by atoms with Gasteiger partial charge in [-0.25, -0.2) is 9.78 Å². The number of piperidine rings is 1. The van der Waals surface area contributed by atoms with Crippen LogP contribution in [0.15, 0.2) is 53.2 Å². The summed E-state index contributed by atoms with van der Waals surface area (Å²) in [6.45, 7) is 6.61. The maximum absolute atomic E-state index is 12.9. The maximum Gasteiger partial charge on any atom is 0.326 e. The number of hydrogen-bond acceptors (Lipinski definition) is 7. The molecule has 1 fully saturated rings. The average molecular weight is 506 g/mol. The summed E-state index contributed by atoms with van der Waals surface area (Å²) in [5.41, 5.74) is 2.87. The third-order valence-corrected chi connectivity index (χ3v) is 6.91. The molecule has 4 rings (SSSR count). The fourth-order valence-electron chi connectivity index (χ4n) is 4.72. The number of pyridine rings is 1. The minimum Gasteiger partial charge on any atom is -0.480 e. The number of aliphatic carboxylic acids is 1. The van der Waals surface area contributed by atoms with E-state index in [1.807, 2.05) is 56.3 Å². The molecule has 0 spiro atoms. The molecular weight excluding hydrogens is 470 g/mol. The predicted octanol–water partition coefficient (Wildman–Crippen LogP) is 3.95. The van der Waals surface area contributed by atoms with Crippen LogP contribution in [0.25, 0.3) is 0 Å². The second kappa shape index (κ2) is 12.4. The summed E-state index contributed by atoms with van der Waals surface area (Å²) in [6, 6.07) is 12.8. The van der Waals surface area contributed by atoms with Crippen LogP contribution in [0, 0.1) is 5.92 Å². The van der Waals surface area contributed by atoms with Crippen LogP contribution in [-0.4, -0.2) is 52.8 Å². The molecule has 0 radical (unpaired) electrons. The molecule has 0 bridgehead atoms. The van der Waals surface area contributed by atoms with Crippen LogP contribution in [0.5, 0.6) is 0 Å². The van der Waals surface area contributed by atoms with Crippen molar-refractivity contribution in [1.82, 2.24) is 15.5 Å². The van der Waals surface area contributed by atoms with Crippen molar-refractivity contribution in [3.05, 3.63) is 71.2 Å². The molecule has 0 aliphatic carbocycles. The third kappa shape index (κ3) is 6.67. The Morgan fingerprint density at radius 1 is 1.11 bits per heavy atom. The first-order valence-electron chi connectivity index (χ1n) is 13.0. The van der Waals surface area contributed by atoms with Gasteiger partial charge in [-0.05, 0) is 55.0 Å². The number of carbonyl (C=O) groups excluding carboxylic acids is 1. The number of carboxylic acids is 1. The van der Waals surface area contributed by atoms with Gasteiger partial charge in [-0.1, -0.05) is 37.2 Å². The van der Waals surface area contributed by atoms with Crippen LogP contribution in [0.2, 0.25) is 0 Å². The molecule has 1 atom stereocenters. The van der Waals surface area contributed by atoms with Crippen LogP contribution >= 0.6 is 0 Å². The highest BCUT2D eigenvalue weighted by Gasteiger charge is 2.27. The number of aromatic nitrogens is 2. The summed E-state index contributed by atoms with van der Waals surface area (Å²) >= 11 is 0. The summed E-state index contributed by atoms with van der Waals surface area (Å²) in [6.07, 6.45) is 5.21. The number of nitrogens with zero attached hydrogens (tertiary/aromatic N) is 3. The minimum absolute atomic E-state index is 0.191.